The molecule has 0 aliphatic heterocycles. The molecule has 7 nitrogen and oxygen atoms in total. The fourth-order valence-electron chi connectivity index (χ4n) is 1.87. The van der Waals surface area contributed by atoms with Gasteiger partial charge in [0.1, 0.15) is 17.5 Å². The molecule has 1 aromatic carbocycles. The number of carbonyl (C=O) groups excluding carboxylic acids is 2. The van der Waals surface area contributed by atoms with Gasteiger partial charge >= 0.3 is 5.97 Å². The van der Waals surface area contributed by atoms with E-state index in [2.05, 4.69) is 23.0 Å². The number of thiol groups is 1. The lowest BCUT2D eigenvalue weighted by atomic mass is 10.3. The van der Waals surface area contributed by atoms with E-state index in [1.54, 1.807) is 19.2 Å². The predicted octanol–water partition coefficient (Wildman–Crippen LogP) is 1.51. The summed E-state index contributed by atoms with van der Waals surface area (Å²) >= 11 is 4.05. The number of benzene rings is 1. The van der Waals surface area contributed by atoms with E-state index >= 15 is 0 Å². The highest BCUT2D eigenvalue weighted by atomic mass is 32.1. The summed E-state index contributed by atoms with van der Waals surface area (Å²) in [6, 6.07) is 10.0. The third-order valence-electron chi connectivity index (χ3n) is 3.04. The number of rotatable bonds is 8. The zero-order valence-electron chi connectivity index (χ0n) is 13.2. The van der Waals surface area contributed by atoms with Gasteiger partial charge in [0.05, 0.1) is 6.61 Å². The average Bonchev–Trinajstić information content (AvgIpc) is 3.08. The van der Waals surface area contributed by atoms with Crippen LogP contribution in [0.4, 0.5) is 0 Å². The zero-order chi connectivity index (χ0) is 17.4. The molecule has 1 N–H and O–H groups in total. The Morgan fingerprint density at radius 2 is 2.04 bits per heavy atom. The van der Waals surface area contributed by atoms with Gasteiger partial charge in [0.25, 0.3) is 5.91 Å². The Morgan fingerprint density at radius 3 is 2.71 bits per heavy atom. The summed E-state index contributed by atoms with van der Waals surface area (Å²) < 4.78 is 11.9. The highest BCUT2D eigenvalue weighted by Gasteiger charge is 2.22. The average molecular weight is 349 g/mol. The number of hydrogen-bond acceptors (Lipinski definition) is 6. The molecular weight excluding hydrogens is 330 g/mol. The van der Waals surface area contributed by atoms with Crippen molar-refractivity contribution >= 4 is 24.5 Å². The van der Waals surface area contributed by atoms with Crippen molar-refractivity contribution in [2.45, 2.75) is 19.7 Å². The molecule has 2 aromatic rings. The summed E-state index contributed by atoms with van der Waals surface area (Å²) in [6.07, 6.45) is 1.62. The van der Waals surface area contributed by atoms with Gasteiger partial charge in [-0.1, -0.05) is 18.2 Å². The maximum atomic E-state index is 12.1. The van der Waals surface area contributed by atoms with E-state index in [9.17, 15) is 9.59 Å². The van der Waals surface area contributed by atoms with Crippen LogP contribution >= 0.6 is 12.6 Å². The molecule has 2 rings (SSSR count). The lowest BCUT2D eigenvalue weighted by Crippen LogP contribution is -2.43. The molecule has 0 radical (unpaired) electrons. The Bertz CT molecular complexity index is 675. The first kappa shape index (κ1) is 17.9. The molecule has 8 heteroatoms. The molecule has 128 valence electrons. The van der Waals surface area contributed by atoms with Gasteiger partial charge in [0.2, 0.25) is 0 Å². The minimum atomic E-state index is -0.813. The van der Waals surface area contributed by atoms with Crippen molar-refractivity contribution < 1.29 is 19.1 Å². The Kier molecular flexibility index (Phi) is 6.68. The first-order valence-electron chi connectivity index (χ1n) is 7.43. The summed E-state index contributed by atoms with van der Waals surface area (Å²) in [4.78, 5) is 23.8. The van der Waals surface area contributed by atoms with Gasteiger partial charge < -0.3 is 14.8 Å². The smallest absolute Gasteiger partial charge is 0.329 e. The molecule has 0 saturated carbocycles. The van der Waals surface area contributed by atoms with Crippen LogP contribution in [0.25, 0.3) is 0 Å². The van der Waals surface area contributed by atoms with Gasteiger partial charge in [-0.3, -0.25) is 4.79 Å². The largest absolute Gasteiger partial charge is 0.471 e. The number of amides is 1. The summed E-state index contributed by atoms with van der Waals surface area (Å²) in [6.45, 7) is 2.11. The summed E-state index contributed by atoms with van der Waals surface area (Å²) in [7, 11) is 0. The third-order valence-corrected chi connectivity index (χ3v) is 3.40. The fourth-order valence-corrected chi connectivity index (χ4v) is 2.11. The lowest BCUT2D eigenvalue weighted by molar-refractivity contribution is -0.144. The van der Waals surface area contributed by atoms with Crippen LogP contribution < -0.4 is 10.1 Å². The van der Waals surface area contributed by atoms with Crippen LogP contribution in [-0.2, 0) is 16.3 Å². The SMILES string of the molecule is CCOC(=O)[C@H](CS)NC(=O)c1ccn(COc2ccccc2)n1. The molecule has 0 fully saturated rings. The normalized spacial score (nSPS) is 11.6. The molecule has 1 aromatic heterocycles. The van der Waals surface area contributed by atoms with E-state index < -0.39 is 17.9 Å². The number of aromatic nitrogens is 2. The third kappa shape index (κ3) is 5.02. The zero-order valence-corrected chi connectivity index (χ0v) is 14.1. The van der Waals surface area contributed by atoms with Crippen molar-refractivity contribution in [1.82, 2.24) is 15.1 Å². The second kappa shape index (κ2) is 8.97. The first-order chi connectivity index (χ1) is 11.6. The van der Waals surface area contributed by atoms with Crippen LogP contribution in [0.3, 0.4) is 0 Å². The highest BCUT2D eigenvalue weighted by molar-refractivity contribution is 7.80. The van der Waals surface area contributed by atoms with E-state index in [-0.39, 0.29) is 24.8 Å². The van der Waals surface area contributed by atoms with Crippen molar-refractivity contribution in [2.75, 3.05) is 12.4 Å². The van der Waals surface area contributed by atoms with Crippen LogP contribution in [0.5, 0.6) is 5.75 Å². The Balaban J connectivity index is 1.91. The minimum Gasteiger partial charge on any atom is -0.471 e. The topological polar surface area (TPSA) is 82.5 Å². The maximum absolute atomic E-state index is 12.1. The van der Waals surface area contributed by atoms with Crippen LogP contribution in [0.2, 0.25) is 0 Å². The van der Waals surface area contributed by atoms with E-state index in [4.69, 9.17) is 9.47 Å². The van der Waals surface area contributed by atoms with Crippen molar-refractivity contribution in [3.05, 3.63) is 48.3 Å². The van der Waals surface area contributed by atoms with E-state index in [0.717, 1.165) is 0 Å². The summed E-state index contributed by atoms with van der Waals surface area (Å²) in [5.74, 6) is -0.146. The fraction of sp³-hybridized carbons (Fsp3) is 0.312. The van der Waals surface area contributed by atoms with Gasteiger partial charge in [0.15, 0.2) is 6.73 Å². The second-order valence-corrected chi connectivity index (χ2v) is 5.15. The van der Waals surface area contributed by atoms with Crippen molar-refractivity contribution in [3.8, 4) is 5.75 Å². The lowest BCUT2D eigenvalue weighted by Gasteiger charge is -2.14. The van der Waals surface area contributed by atoms with Crippen molar-refractivity contribution in [2.24, 2.45) is 0 Å². The number of nitrogens with one attached hydrogen (secondary N) is 1. The number of carbonyl (C=O) groups is 2. The van der Waals surface area contributed by atoms with E-state index in [1.807, 2.05) is 30.3 Å². The molecule has 0 spiro atoms. The molecule has 1 heterocycles. The number of ether oxygens (including phenoxy) is 2. The summed E-state index contributed by atoms with van der Waals surface area (Å²) in [5.41, 5.74) is 0.183. The number of hydrogen-bond donors (Lipinski definition) is 2. The molecule has 0 bridgehead atoms. The van der Waals surface area contributed by atoms with Crippen LogP contribution in [0.15, 0.2) is 42.6 Å². The highest BCUT2D eigenvalue weighted by Crippen LogP contribution is 2.09. The standard InChI is InChI=1S/C16H19N3O4S/c1-2-22-16(21)14(10-24)17-15(20)13-8-9-19(18-13)11-23-12-6-4-3-5-7-12/h3-9,14,24H,2,10-11H2,1H3,(H,17,20)/t14-/m0/s1. The molecule has 1 amide bonds. The Morgan fingerprint density at radius 1 is 1.29 bits per heavy atom. The van der Waals surface area contributed by atoms with Crippen molar-refractivity contribution in [1.29, 1.82) is 0 Å². The van der Waals surface area contributed by atoms with Gasteiger partial charge in [-0.05, 0) is 25.1 Å². The minimum absolute atomic E-state index is 0.141. The Hall–Kier alpha value is -2.48. The van der Waals surface area contributed by atoms with Gasteiger partial charge in [-0.2, -0.15) is 17.7 Å². The molecule has 0 aliphatic rings. The summed E-state index contributed by atoms with van der Waals surface area (Å²) in [5, 5.41) is 6.67. The predicted molar refractivity (Wildman–Crippen MR) is 91.0 cm³/mol. The monoisotopic (exact) mass is 349 g/mol. The maximum Gasteiger partial charge on any atom is 0.329 e. The quantitative estimate of drug-likeness (QED) is 0.558. The number of esters is 1. The molecule has 0 saturated heterocycles. The molecular formula is C16H19N3O4S. The van der Waals surface area contributed by atoms with Crippen LogP contribution in [0, 0.1) is 0 Å². The molecule has 0 unspecified atom stereocenters. The Labute approximate surface area is 145 Å². The van der Waals surface area contributed by atoms with Crippen molar-refractivity contribution in [3.63, 3.8) is 0 Å². The molecule has 24 heavy (non-hydrogen) atoms. The first-order valence-corrected chi connectivity index (χ1v) is 8.07. The van der Waals surface area contributed by atoms with Crippen LogP contribution in [-0.4, -0.2) is 40.1 Å². The van der Waals surface area contributed by atoms with E-state index in [1.165, 1.54) is 4.68 Å². The van der Waals surface area contributed by atoms with E-state index in [0.29, 0.717) is 5.75 Å². The molecule has 0 aliphatic carbocycles. The van der Waals surface area contributed by atoms with Gasteiger partial charge in [-0.15, -0.1) is 0 Å². The number of nitrogens with zero attached hydrogens (tertiary/aromatic N) is 2. The number of para-hydroxylation sites is 1. The van der Waals surface area contributed by atoms with Gasteiger partial charge in [-0.25, -0.2) is 9.48 Å². The van der Waals surface area contributed by atoms with Crippen LogP contribution in [0.1, 0.15) is 17.4 Å². The second-order valence-electron chi connectivity index (χ2n) is 4.79. The molecule has 1 atom stereocenters. The van der Waals surface area contributed by atoms with Gasteiger partial charge in [0, 0.05) is 11.9 Å².